The molecule has 0 heterocycles. The highest BCUT2D eigenvalue weighted by molar-refractivity contribution is 8.00. The summed E-state index contributed by atoms with van der Waals surface area (Å²) in [5.74, 6) is 0.611. The third-order valence-corrected chi connectivity index (χ3v) is 5.07. The Kier molecular flexibility index (Phi) is 6.88. The lowest BCUT2D eigenvalue weighted by Crippen LogP contribution is -2.32. The van der Waals surface area contributed by atoms with Crippen LogP contribution in [0.4, 0.5) is 5.69 Å². The number of non-ortho nitro benzene ring substituents is 1. The fourth-order valence-corrected chi connectivity index (χ4v) is 3.59. The molecule has 1 amide bonds. The normalized spacial score (nSPS) is 11.7. The number of thioether (sulfide) groups is 1. The summed E-state index contributed by atoms with van der Waals surface area (Å²) in [7, 11) is 3.29. The highest BCUT2D eigenvalue weighted by Crippen LogP contribution is 2.28. The van der Waals surface area contributed by atoms with Crippen LogP contribution >= 0.6 is 23.4 Å². The van der Waals surface area contributed by atoms with E-state index in [0.717, 1.165) is 10.5 Å². The number of hydrogen-bond acceptors (Lipinski definition) is 5. The summed E-state index contributed by atoms with van der Waals surface area (Å²) in [6.45, 7) is 2.17. The van der Waals surface area contributed by atoms with Crippen LogP contribution in [0.25, 0.3) is 0 Å². The third kappa shape index (κ3) is 5.12. The molecule has 0 bridgehead atoms. The van der Waals surface area contributed by atoms with Gasteiger partial charge < -0.3 is 9.64 Å². The molecule has 0 radical (unpaired) electrons. The van der Waals surface area contributed by atoms with Gasteiger partial charge in [-0.15, -0.1) is 11.8 Å². The number of nitro benzene ring substituents is 1. The molecule has 0 saturated heterocycles. The van der Waals surface area contributed by atoms with E-state index in [1.807, 2.05) is 0 Å². The molecule has 8 heteroatoms. The average molecular weight is 395 g/mol. The van der Waals surface area contributed by atoms with Gasteiger partial charge in [-0.1, -0.05) is 11.6 Å². The molecular formula is C18H19ClN2O4S. The van der Waals surface area contributed by atoms with Crippen LogP contribution in [-0.2, 0) is 11.3 Å². The van der Waals surface area contributed by atoms with E-state index in [0.29, 0.717) is 17.3 Å². The quantitative estimate of drug-likeness (QED) is 0.395. The van der Waals surface area contributed by atoms with Crippen LogP contribution in [0.5, 0.6) is 5.75 Å². The molecule has 0 aliphatic carbocycles. The van der Waals surface area contributed by atoms with Crippen molar-refractivity contribution in [3.63, 3.8) is 0 Å². The van der Waals surface area contributed by atoms with Crippen molar-refractivity contribution in [1.82, 2.24) is 4.90 Å². The van der Waals surface area contributed by atoms with Crippen LogP contribution in [-0.4, -0.2) is 35.1 Å². The molecule has 26 heavy (non-hydrogen) atoms. The molecule has 0 aliphatic rings. The SMILES string of the molecule is COc1ccc(Cl)cc1CN(C)C(=O)C(C)Sc1ccc([N+](=O)[O-])cc1. The summed E-state index contributed by atoms with van der Waals surface area (Å²) < 4.78 is 5.31. The van der Waals surface area contributed by atoms with E-state index < -0.39 is 4.92 Å². The Morgan fingerprint density at radius 2 is 1.96 bits per heavy atom. The second-order valence-corrected chi connectivity index (χ2v) is 7.51. The van der Waals surface area contributed by atoms with Crippen LogP contribution < -0.4 is 4.74 Å². The second kappa shape index (κ2) is 8.91. The predicted octanol–water partition coefficient (Wildman–Crippen LogP) is 4.40. The number of nitrogens with zero attached hydrogens (tertiary/aromatic N) is 2. The van der Waals surface area contributed by atoms with E-state index in [1.165, 1.54) is 23.9 Å². The second-order valence-electron chi connectivity index (χ2n) is 5.66. The van der Waals surface area contributed by atoms with Gasteiger partial charge in [0.15, 0.2) is 0 Å². The number of amides is 1. The fourth-order valence-electron chi connectivity index (χ4n) is 2.42. The van der Waals surface area contributed by atoms with Crippen LogP contribution in [0, 0.1) is 10.1 Å². The average Bonchev–Trinajstić information content (AvgIpc) is 2.61. The Balaban J connectivity index is 2.03. The van der Waals surface area contributed by atoms with E-state index in [-0.39, 0.29) is 16.8 Å². The zero-order valence-corrected chi connectivity index (χ0v) is 16.2. The van der Waals surface area contributed by atoms with Crippen molar-refractivity contribution in [3.8, 4) is 5.75 Å². The summed E-state index contributed by atoms with van der Waals surface area (Å²) in [4.78, 5) is 25.3. The van der Waals surface area contributed by atoms with Gasteiger partial charge in [-0.05, 0) is 37.3 Å². The lowest BCUT2D eigenvalue weighted by molar-refractivity contribution is -0.384. The summed E-state index contributed by atoms with van der Waals surface area (Å²) in [5, 5.41) is 10.9. The molecule has 138 valence electrons. The standard InChI is InChI=1S/C18H19ClN2O4S/c1-12(26-16-7-5-15(6-8-16)21(23)24)18(22)20(2)11-13-10-14(19)4-9-17(13)25-3/h4-10,12H,11H2,1-3H3. The van der Waals surface area contributed by atoms with Gasteiger partial charge in [-0.2, -0.15) is 0 Å². The predicted molar refractivity (Wildman–Crippen MR) is 103 cm³/mol. The molecular weight excluding hydrogens is 376 g/mol. The maximum atomic E-state index is 12.6. The van der Waals surface area contributed by atoms with Crippen LogP contribution in [0.15, 0.2) is 47.4 Å². The first-order valence-electron chi connectivity index (χ1n) is 7.80. The monoisotopic (exact) mass is 394 g/mol. The first-order valence-corrected chi connectivity index (χ1v) is 9.06. The molecule has 1 unspecified atom stereocenters. The number of carbonyl (C=O) groups excluding carboxylic acids is 1. The first kappa shape index (κ1) is 20.1. The van der Waals surface area contributed by atoms with E-state index in [9.17, 15) is 14.9 Å². The first-order chi connectivity index (χ1) is 12.3. The Labute approximate surface area is 161 Å². The molecule has 0 aromatic heterocycles. The van der Waals surface area contributed by atoms with E-state index in [2.05, 4.69) is 0 Å². The van der Waals surface area contributed by atoms with E-state index in [1.54, 1.807) is 56.3 Å². The van der Waals surface area contributed by atoms with Gasteiger partial charge in [0.25, 0.3) is 5.69 Å². The van der Waals surface area contributed by atoms with Crippen molar-refractivity contribution >= 4 is 35.0 Å². The molecule has 2 rings (SSSR count). The lowest BCUT2D eigenvalue weighted by atomic mass is 10.2. The summed E-state index contributed by atoms with van der Waals surface area (Å²) in [6, 6.07) is 11.4. The third-order valence-electron chi connectivity index (χ3n) is 3.73. The smallest absolute Gasteiger partial charge is 0.269 e. The number of hydrogen-bond donors (Lipinski definition) is 0. The molecule has 0 aliphatic heterocycles. The van der Waals surface area contributed by atoms with E-state index >= 15 is 0 Å². The fraction of sp³-hybridized carbons (Fsp3) is 0.278. The van der Waals surface area contributed by atoms with Crippen molar-refractivity contribution in [2.75, 3.05) is 14.2 Å². The largest absolute Gasteiger partial charge is 0.496 e. The van der Waals surface area contributed by atoms with Gasteiger partial charge in [0.1, 0.15) is 5.75 Å². The van der Waals surface area contributed by atoms with Gasteiger partial charge in [0.05, 0.1) is 17.3 Å². The highest BCUT2D eigenvalue weighted by Gasteiger charge is 2.20. The molecule has 1 atom stereocenters. The van der Waals surface area contributed by atoms with E-state index in [4.69, 9.17) is 16.3 Å². The highest BCUT2D eigenvalue weighted by atomic mass is 35.5. The number of methoxy groups -OCH3 is 1. The van der Waals surface area contributed by atoms with Gasteiger partial charge in [0, 0.05) is 41.2 Å². The number of benzene rings is 2. The minimum absolute atomic E-state index is 0.0264. The van der Waals surface area contributed by atoms with Gasteiger partial charge in [-0.25, -0.2) is 0 Å². The van der Waals surface area contributed by atoms with Crippen molar-refractivity contribution in [1.29, 1.82) is 0 Å². The molecule has 0 N–H and O–H groups in total. The zero-order valence-electron chi connectivity index (χ0n) is 14.6. The van der Waals surface area contributed by atoms with Crippen LogP contribution in [0.2, 0.25) is 5.02 Å². The Morgan fingerprint density at radius 3 is 2.54 bits per heavy atom. The maximum Gasteiger partial charge on any atom is 0.269 e. The number of halogens is 1. The zero-order chi connectivity index (χ0) is 19.3. The minimum atomic E-state index is -0.449. The number of carbonyl (C=O) groups is 1. The summed E-state index contributed by atoms with van der Waals surface area (Å²) in [5.41, 5.74) is 0.849. The molecule has 2 aromatic carbocycles. The summed E-state index contributed by atoms with van der Waals surface area (Å²) >= 11 is 7.38. The maximum absolute atomic E-state index is 12.6. The van der Waals surface area contributed by atoms with Gasteiger partial charge in [-0.3, -0.25) is 14.9 Å². The van der Waals surface area contributed by atoms with Crippen molar-refractivity contribution in [2.24, 2.45) is 0 Å². The Morgan fingerprint density at radius 1 is 1.31 bits per heavy atom. The Hall–Kier alpha value is -2.25. The lowest BCUT2D eigenvalue weighted by Gasteiger charge is -2.22. The molecule has 0 saturated carbocycles. The van der Waals surface area contributed by atoms with Crippen molar-refractivity contribution in [2.45, 2.75) is 23.6 Å². The number of ether oxygens (including phenoxy) is 1. The van der Waals surface area contributed by atoms with Gasteiger partial charge in [0.2, 0.25) is 5.91 Å². The topological polar surface area (TPSA) is 72.7 Å². The Bertz CT molecular complexity index is 798. The van der Waals surface area contributed by atoms with Crippen molar-refractivity contribution < 1.29 is 14.5 Å². The molecule has 0 spiro atoms. The number of nitro groups is 1. The summed E-state index contributed by atoms with van der Waals surface area (Å²) in [6.07, 6.45) is 0. The van der Waals surface area contributed by atoms with Gasteiger partial charge >= 0.3 is 0 Å². The van der Waals surface area contributed by atoms with Crippen LogP contribution in [0.1, 0.15) is 12.5 Å². The van der Waals surface area contributed by atoms with Crippen molar-refractivity contribution in [3.05, 3.63) is 63.2 Å². The molecule has 6 nitrogen and oxygen atoms in total. The minimum Gasteiger partial charge on any atom is -0.496 e. The van der Waals surface area contributed by atoms with Crippen LogP contribution in [0.3, 0.4) is 0 Å². The molecule has 0 fully saturated rings. The number of rotatable bonds is 7. The molecule has 2 aromatic rings.